The Morgan fingerprint density at radius 3 is 2.88 bits per heavy atom. The highest BCUT2D eigenvalue weighted by atomic mass is 15.4. The first kappa shape index (κ1) is 15.0. The van der Waals surface area contributed by atoms with E-state index in [1.165, 1.54) is 0 Å². The largest absolute Gasteiger partial charge is 0.353 e. The van der Waals surface area contributed by atoms with Crippen molar-refractivity contribution in [3.8, 4) is 0 Å². The summed E-state index contributed by atoms with van der Waals surface area (Å²) in [6, 6.07) is 4.28. The van der Waals surface area contributed by atoms with Gasteiger partial charge in [0, 0.05) is 31.4 Å². The van der Waals surface area contributed by atoms with Gasteiger partial charge < -0.3 is 9.80 Å². The fraction of sp³-hybridized carbons (Fsp3) is 0.375. The van der Waals surface area contributed by atoms with E-state index in [0.717, 1.165) is 41.6 Å². The zero-order valence-corrected chi connectivity index (χ0v) is 14.8. The molecule has 0 unspecified atom stereocenters. The molecule has 4 aromatic rings. The molecule has 0 atom stereocenters. The molecular weight excluding hydrogens is 332 g/mol. The smallest absolute Gasteiger partial charge is 0.254 e. The number of fused-ring (bicyclic) bond motifs is 2. The van der Waals surface area contributed by atoms with Crippen LogP contribution in [-0.4, -0.2) is 65.6 Å². The molecule has 5 rings (SSSR count). The van der Waals surface area contributed by atoms with Crippen LogP contribution in [0.3, 0.4) is 0 Å². The van der Waals surface area contributed by atoms with Gasteiger partial charge in [0.2, 0.25) is 0 Å². The summed E-state index contributed by atoms with van der Waals surface area (Å²) in [5.74, 6) is 2.60. The van der Waals surface area contributed by atoms with E-state index in [9.17, 15) is 0 Å². The van der Waals surface area contributed by atoms with Crippen LogP contribution in [-0.2, 0) is 0 Å². The lowest BCUT2D eigenvalue weighted by atomic mass is 10.1. The summed E-state index contributed by atoms with van der Waals surface area (Å²) in [4.78, 5) is 13.2. The van der Waals surface area contributed by atoms with Crippen molar-refractivity contribution in [1.82, 2.24) is 39.4 Å². The molecule has 0 saturated carbocycles. The van der Waals surface area contributed by atoms with Crippen molar-refractivity contribution in [2.45, 2.75) is 19.9 Å². The first-order valence-corrected chi connectivity index (χ1v) is 8.43. The van der Waals surface area contributed by atoms with Crippen LogP contribution in [0.4, 0.5) is 11.6 Å². The highest BCUT2D eigenvalue weighted by molar-refractivity contribution is 5.56. The van der Waals surface area contributed by atoms with Gasteiger partial charge in [-0.15, -0.1) is 15.3 Å². The first-order chi connectivity index (χ1) is 12.6. The van der Waals surface area contributed by atoms with Crippen LogP contribution in [0, 0.1) is 13.8 Å². The fourth-order valence-electron chi connectivity index (χ4n) is 3.38. The third-order valence-corrected chi connectivity index (χ3v) is 5.09. The second kappa shape index (κ2) is 5.35. The van der Waals surface area contributed by atoms with Gasteiger partial charge in [0.05, 0.1) is 6.04 Å². The average molecular weight is 350 g/mol. The summed E-state index contributed by atoms with van der Waals surface area (Å²) in [6.07, 6.45) is 3.16. The highest BCUT2D eigenvalue weighted by Gasteiger charge is 2.33. The monoisotopic (exact) mass is 350 g/mol. The Morgan fingerprint density at radius 1 is 1.19 bits per heavy atom. The SMILES string of the molecule is Cc1nc2ncnn2c(N(C)C2CN(c3ccc4nncn4n3)C2)c1C. The molecule has 1 aliphatic rings. The van der Waals surface area contributed by atoms with Crippen molar-refractivity contribution in [2.24, 2.45) is 0 Å². The van der Waals surface area contributed by atoms with Crippen LogP contribution in [0.25, 0.3) is 11.4 Å². The van der Waals surface area contributed by atoms with E-state index in [0.29, 0.717) is 11.8 Å². The van der Waals surface area contributed by atoms with Gasteiger partial charge in [0.25, 0.3) is 5.78 Å². The minimum Gasteiger partial charge on any atom is -0.353 e. The maximum atomic E-state index is 4.56. The van der Waals surface area contributed by atoms with Crippen molar-refractivity contribution < 1.29 is 0 Å². The van der Waals surface area contributed by atoms with Crippen LogP contribution >= 0.6 is 0 Å². The molecule has 1 saturated heterocycles. The van der Waals surface area contributed by atoms with Crippen LogP contribution in [0.2, 0.25) is 0 Å². The van der Waals surface area contributed by atoms with Gasteiger partial charge in [-0.05, 0) is 26.0 Å². The van der Waals surface area contributed by atoms with Crippen molar-refractivity contribution in [2.75, 3.05) is 29.9 Å². The van der Waals surface area contributed by atoms with E-state index in [1.807, 2.05) is 23.6 Å². The molecule has 10 nitrogen and oxygen atoms in total. The lowest BCUT2D eigenvalue weighted by molar-refractivity contribution is 0.483. The van der Waals surface area contributed by atoms with Crippen LogP contribution < -0.4 is 9.80 Å². The van der Waals surface area contributed by atoms with Crippen molar-refractivity contribution in [3.05, 3.63) is 36.0 Å². The minimum absolute atomic E-state index is 0.362. The molecule has 132 valence electrons. The number of nitrogens with zero attached hydrogens (tertiary/aromatic N) is 10. The number of aryl methyl sites for hydroxylation is 1. The van der Waals surface area contributed by atoms with Gasteiger partial charge in [0.15, 0.2) is 5.65 Å². The minimum atomic E-state index is 0.362. The topological polar surface area (TPSA) is 92.6 Å². The molecule has 0 aliphatic carbocycles. The predicted octanol–water partition coefficient (Wildman–Crippen LogP) is 0.504. The maximum Gasteiger partial charge on any atom is 0.254 e. The lowest BCUT2D eigenvalue weighted by Crippen LogP contribution is -2.59. The Kier molecular flexibility index (Phi) is 3.08. The summed E-state index contributed by atoms with van der Waals surface area (Å²) in [5, 5.41) is 16.8. The van der Waals surface area contributed by atoms with Gasteiger partial charge >= 0.3 is 0 Å². The van der Waals surface area contributed by atoms with Crippen LogP contribution in [0.15, 0.2) is 24.8 Å². The second-order valence-electron chi connectivity index (χ2n) is 6.61. The molecule has 0 amide bonds. The second-order valence-corrected chi connectivity index (χ2v) is 6.61. The zero-order valence-electron chi connectivity index (χ0n) is 14.8. The highest BCUT2D eigenvalue weighted by Crippen LogP contribution is 2.28. The molecule has 26 heavy (non-hydrogen) atoms. The maximum absolute atomic E-state index is 4.56. The van der Waals surface area contributed by atoms with Crippen LogP contribution in [0.5, 0.6) is 0 Å². The van der Waals surface area contributed by atoms with E-state index >= 15 is 0 Å². The van der Waals surface area contributed by atoms with Gasteiger partial charge in [0.1, 0.15) is 24.3 Å². The standard InChI is InChI=1S/C16H18N10/c1-10-11(2)20-16-17-8-19-26(16)15(10)23(3)12-6-24(7-12)14-5-4-13-21-18-9-25(13)22-14/h4-5,8-9,12H,6-7H2,1-3H3. The van der Waals surface area contributed by atoms with E-state index in [4.69, 9.17) is 0 Å². The van der Waals surface area contributed by atoms with Crippen molar-refractivity contribution >= 4 is 23.1 Å². The summed E-state index contributed by atoms with van der Waals surface area (Å²) >= 11 is 0. The molecule has 0 spiro atoms. The van der Waals surface area contributed by atoms with E-state index in [1.54, 1.807) is 17.2 Å². The summed E-state index contributed by atoms with van der Waals surface area (Å²) in [5.41, 5.74) is 2.84. The molecule has 10 heteroatoms. The molecule has 0 bridgehead atoms. The van der Waals surface area contributed by atoms with Crippen molar-refractivity contribution in [3.63, 3.8) is 0 Å². The summed E-state index contributed by atoms with van der Waals surface area (Å²) in [7, 11) is 2.10. The molecule has 0 N–H and O–H groups in total. The zero-order chi connectivity index (χ0) is 17.8. The molecular formula is C16H18N10. The number of likely N-dealkylation sites (N-methyl/N-ethyl adjacent to an activating group) is 1. The van der Waals surface area contributed by atoms with Gasteiger partial charge in [-0.3, -0.25) is 0 Å². The molecule has 0 aromatic carbocycles. The molecule has 1 fully saturated rings. The van der Waals surface area contributed by atoms with E-state index in [-0.39, 0.29) is 0 Å². The Balaban J connectivity index is 1.41. The Morgan fingerprint density at radius 2 is 2.04 bits per heavy atom. The average Bonchev–Trinajstić information content (AvgIpc) is 3.22. The van der Waals surface area contributed by atoms with Crippen LogP contribution in [0.1, 0.15) is 11.3 Å². The molecule has 5 heterocycles. The Bertz CT molecular complexity index is 1110. The van der Waals surface area contributed by atoms with Gasteiger partial charge in [-0.2, -0.15) is 19.1 Å². The Hall–Kier alpha value is -3.30. The third-order valence-electron chi connectivity index (χ3n) is 5.09. The Labute approximate surface area is 149 Å². The third kappa shape index (κ3) is 2.11. The number of rotatable bonds is 3. The van der Waals surface area contributed by atoms with E-state index in [2.05, 4.69) is 54.1 Å². The number of anilines is 2. The summed E-state index contributed by atoms with van der Waals surface area (Å²) < 4.78 is 3.51. The molecule has 0 radical (unpaired) electrons. The first-order valence-electron chi connectivity index (χ1n) is 8.43. The van der Waals surface area contributed by atoms with Gasteiger partial charge in [-0.1, -0.05) is 0 Å². The number of hydrogen-bond acceptors (Lipinski definition) is 8. The number of aromatic nitrogens is 8. The normalized spacial score (nSPS) is 15.0. The van der Waals surface area contributed by atoms with Crippen molar-refractivity contribution in [1.29, 1.82) is 0 Å². The lowest BCUT2D eigenvalue weighted by Gasteiger charge is -2.45. The molecule has 1 aliphatic heterocycles. The fourth-order valence-corrected chi connectivity index (χ4v) is 3.38. The quantitative estimate of drug-likeness (QED) is 0.527. The number of hydrogen-bond donors (Lipinski definition) is 0. The summed E-state index contributed by atoms with van der Waals surface area (Å²) in [6.45, 7) is 5.85. The van der Waals surface area contributed by atoms with Gasteiger partial charge in [-0.25, -0.2) is 4.98 Å². The van der Waals surface area contributed by atoms with E-state index < -0.39 is 0 Å². The molecule has 4 aromatic heterocycles. The predicted molar refractivity (Wildman–Crippen MR) is 95.4 cm³/mol.